The van der Waals surface area contributed by atoms with Crippen LogP contribution in [0.15, 0.2) is 11.6 Å². The number of rotatable bonds is 1. The predicted molar refractivity (Wildman–Crippen MR) is 43.5 cm³/mol. The topological polar surface area (TPSA) is 0 Å². The van der Waals surface area contributed by atoms with Gasteiger partial charge in [0.25, 0.3) is 0 Å². The van der Waals surface area contributed by atoms with Gasteiger partial charge in [-0.05, 0) is 25.7 Å². The molecule has 0 heterocycles. The van der Waals surface area contributed by atoms with Crippen LogP contribution in [-0.2, 0) is 0 Å². The summed E-state index contributed by atoms with van der Waals surface area (Å²) in [5.41, 5.74) is 1.88. The lowest BCUT2D eigenvalue weighted by Gasteiger charge is -2.14. The van der Waals surface area contributed by atoms with Crippen LogP contribution in [0.3, 0.4) is 0 Å². The molecule has 0 aliphatic rings. The summed E-state index contributed by atoms with van der Waals surface area (Å²) < 4.78 is 0. The van der Waals surface area contributed by atoms with E-state index in [-0.39, 0.29) is 0 Å². The predicted octanol–water partition coefficient (Wildman–Crippen LogP) is 3.39. The summed E-state index contributed by atoms with van der Waals surface area (Å²) >= 11 is 0. The minimum Gasteiger partial charge on any atom is -0.0854 e. The van der Waals surface area contributed by atoms with Crippen molar-refractivity contribution in [3.63, 3.8) is 0 Å². The third-order valence-electron chi connectivity index (χ3n) is 1.12. The second-order valence-electron chi connectivity index (χ2n) is 4.05. The van der Waals surface area contributed by atoms with Crippen LogP contribution in [0.5, 0.6) is 0 Å². The first-order valence-corrected chi connectivity index (χ1v) is 3.55. The van der Waals surface area contributed by atoms with Gasteiger partial charge in [-0.25, -0.2) is 0 Å². The Morgan fingerprint density at radius 1 is 1.22 bits per heavy atom. The average molecular weight is 126 g/mol. The van der Waals surface area contributed by atoms with Crippen molar-refractivity contribution < 1.29 is 0 Å². The summed E-state index contributed by atoms with van der Waals surface area (Å²) in [5.74, 6) is 0. The molecular formula is C9H18. The first-order valence-electron chi connectivity index (χ1n) is 3.55. The molecule has 0 unspecified atom stereocenters. The van der Waals surface area contributed by atoms with Gasteiger partial charge in [0.1, 0.15) is 0 Å². The molecule has 0 aromatic carbocycles. The van der Waals surface area contributed by atoms with Gasteiger partial charge in [-0.1, -0.05) is 32.4 Å². The Labute approximate surface area is 59.0 Å². The molecule has 0 atom stereocenters. The largest absolute Gasteiger partial charge is 0.0854 e. The SMILES string of the molecule is CC(C)=CCC(C)(C)C. The van der Waals surface area contributed by atoms with Gasteiger partial charge in [-0.2, -0.15) is 0 Å². The maximum atomic E-state index is 2.29. The van der Waals surface area contributed by atoms with Crippen molar-refractivity contribution in [3.8, 4) is 0 Å². The molecule has 0 heteroatoms. The van der Waals surface area contributed by atoms with Crippen molar-refractivity contribution in [3.05, 3.63) is 11.6 Å². The van der Waals surface area contributed by atoms with E-state index in [1.54, 1.807) is 0 Å². The quantitative estimate of drug-likeness (QED) is 0.472. The lowest BCUT2D eigenvalue weighted by molar-refractivity contribution is 0.419. The molecule has 0 saturated heterocycles. The molecule has 0 fully saturated rings. The second kappa shape index (κ2) is 3.05. The van der Waals surface area contributed by atoms with Crippen LogP contribution in [0, 0.1) is 5.41 Å². The third kappa shape index (κ3) is 7.74. The molecule has 0 aliphatic heterocycles. The van der Waals surface area contributed by atoms with Crippen LogP contribution in [0.4, 0.5) is 0 Å². The van der Waals surface area contributed by atoms with Gasteiger partial charge in [0.2, 0.25) is 0 Å². The van der Waals surface area contributed by atoms with Gasteiger partial charge >= 0.3 is 0 Å². The molecule has 0 nitrogen and oxygen atoms in total. The normalized spacial score (nSPS) is 11.2. The van der Waals surface area contributed by atoms with Gasteiger partial charge in [0.15, 0.2) is 0 Å². The van der Waals surface area contributed by atoms with E-state index in [1.165, 1.54) is 12.0 Å². The Hall–Kier alpha value is -0.260. The van der Waals surface area contributed by atoms with E-state index in [4.69, 9.17) is 0 Å². The highest BCUT2D eigenvalue weighted by Crippen LogP contribution is 2.19. The Morgan fingerprint density at radius 2 is 1.67 bits per heavy atom. The van der Waals surface area contributed by atoms with E-state index in [9.17, 15) is 0 Å². The Bertz CT molecular complexity index is 97.7. The van der Waals surface area contributed by atoms with Crippen molar-refractivity contribution in [1.82, 2.24) is 0 Å². The number of hydrogen-bond acceptors (Lipinski definition) is 0. The summed E-state index contributed by atoms with van der Waals surface area (Å²) in [6.45, 7) is 11.1. The second-order valence-corrected chi connectivity index (χ2v) is 4.05. The molecule has 9 heavy (non-hydrogen) atoms. The fraction of sp³-hybridized carbons (Fsp3) is 0.778. The first kappa shape index (κ1) is 8.74. The average Bonchev–Trinajstić information content (AvgIpc) is 1.59. The highest BCUT2D eigenvalue weighted by Gasteiger charge is 2.06. The van der Waals surface area contributed by atoms with E-state index in [2.05, 4.69) is 40.7 Å². The molecule has 0 aromatic rings. The standard InChI is InChI=1S/C9H18/c1-8(2)6-7-9(3,4)5/h6H,7H2,1-5H3. The molecule has 0 saturated carbocycles. The molecule has 0 aromatic heterocycles. The summed E-state index contributed by atoms with van der Waals surface area (Å²) in [4.78, 5) is 0. The number of allylic oxidation sites excluding steroid dienone is 2. The third-order valence-corrected chi connectivity index (χ3v) is 1.12. The minimum atomic E-state index is 0.456. The summed E-state index contributed by atoms with van der Waals surface area (Å²) in [7, 11) is 0. The van der Waals surface area contributed by atoms with Crippen molar-refractivity contribution in [1.29, 1.82) is 0 Å². The molecule has 54 valence electrons. The van der Waals surface area contributed by atoms with Crippen LogP contribution in [0.2, 0.25) is 0 Å². The van der Waals surface area contributed by atoms with E-state index in [0.717, 1.165) is 0 Å². The van der Waals surface area contributed by atoms with Gasteiger partial charge in [-0.15, -0.1) is 0 Å². The van der Waals surface area contributed by atoms with Crippen molar-refractivity contribution in [2.45, 2.75) is 41.0 Å². The fourth-order valence-corrected chi connectivity index (χ4v) is 0.510. The summed E-state index contributed by atoms with van der Waals surface area (Å²) in [5, 5.41) is 0. The van der Waals surface area contributed by atoms with Gasteiger partial charge in [0, 0.05) is 0 Å². The van der Waals surface area contributed by atoms with Crippen LogP contribution >= 0.6 is 0 Å². The Balaban J connectivity index is 3.64. The van der Waals surface area contributed by atoms with Crippen molar-refractivity contribution in [2.75, 3.05) is 0 Å². The first-order chi connectivity index (χ1) is 3.92. The van der Waals surface area contributed by atoms with Crippen LogP contribution in [0.1, 0.15) is 41.0 Å². The smallest absolute Gasteiger partial charge is 0.0299 e. The zero-order chi connectivity index (χ0) is 7.49. The zero-order valence-corrected chi connectivity index (χ0v) is 7.28. The van der Waals surface area contributed by atoms with E-state index in [1.807, 2.05) is 0 Å². The van der Waals surface area contributed by atoms with Crippen molar-refractivity contribution >= 4 is 0 Å². The molecule has 0 bridgehead atoms. The monoisotopic (exact) mass is 126 g/mol. The zero-order valence-electron chi connectivity index (χ0n) is 7.28. The summed E-state index contributed by atoms with van der Waals surface area (Å²) in [6, 6.07) is 0. The minimum absolute atomic E-state index is 0.456. The Morgan fingerprint density at radius 3 is 1.78 bits per heavy atom. The molecule has 0 radical (unpaired) electrons. The highest BCUT2D eigenvalue weighted by atomic mass is 14.1. The van der Waals surface area contributed by atoms with E-state index < -0.39 is 0 Å². The highest BCUT2D eigenvalue weighted by molar-refractivity contribution is 4.94. The number of hydrogen-bond donors (Lipinski definition) is 0. The molecule has 0 spiro atoms. The Kier molecular flexibility index (Phi) is 2.96. The molecule has 0 aliphatic carbocycles. The molecule has 0 amide bonds. The van der Waals surface area contributed by atoms with Crippen molar-refractivity contribution in [2.24, 2.45) is 5.41 Å². The van der Waals surface area contributed by atoms with Gasteiger partial charge < -0.3 is 0 Å². The van der Waals surface area contributed by atoms with Crippen LogP contribution < -0.4 is 0 Å². The fourth-order valence-electron chi connectivity index (χ4n) is 0.510. The van der Waals surface area contributed by atoms with Gasteiger partial charge in [-0.3, -0.25) is 0 Å². The molecular weight excluding hydrogens is 108 g/mol. The maximum Gasteiger partial charge on any atom is -0.0299 e. The molecule has 0 N–H and O–H groups in total. The lowest BCUT2D eigenvalue weighted by atomic mass is 9.91. The lowest BCUT2D eigenvalue weighted by Crippen LogP contribution is -2.01. The van der Waals surface area contributed by atoms with Gasteiger partial charge in [0.05, 0.1) is 0 Å². The maximum absolute atomic E-state index is 2.29. The van der Waals surface area contributed by atoms with E-state index >= 15 is 0 Å². The summed E-state index contributed by atoms with van der Waals surface area (Å²) in [6.07, 6.45) is 3.48. The van der Waals surface area contributed by atoms with E-state index in [0.29, 0.717) is 5.41 Å². The van der Waals surface area contributed by atoms with Crippen LogP contribution in [-0.4, -0.2) is 0 Å². The van der Waals surface area contributed by atoms with Crippen LogP contribution in [0.25, 0.3) is 0 Å². The molecule has 0 rings (SSSR count).